The number of hydrogen-bond acceptors (Lipinski definition) is 5. The molecule has 0 aliphatic heterocycles. The van der Waals surface area contributed by atoms with Gasteiger partial charge in [-0.15, -0.1) is 6.58 Å². The molecule has 114 valence electrons. The molecule has 1 heterocycles. The van der Waals surface area contributed by atoms with Gasteiger partial charge in [-0.2, -0.15) is 0 Å². The van der Waals surface area contributed by atoms with Crippen molar-refractivity contribution in [3.05, 3.63) is 54.5 Å². The molecule has 6 nitrogen and oxygen atoms in total. The lowest BCUT2D eigenvalue weighted by Gasteiger charge is -2.08. The third-order valence-electron chi connectivity index (χ3n) is 2.85. The van der Waals surface area contributed by atoms with Gasteiger partial charge >= 0.3 is 0 Å². The highest BCUT2D eigenvalue weighted by molar-refractivity contribution is 6.03. The number of nitrogens with one attached hydrogen (secondary N) is 2. The molecule has 0 bridgehead atoms. The SMILES string of the molecule is C=CCNc1cc(C(=O)Nc2ccc(OC)cc2)nc(C)n1. The Morgan fingerprint density at radius 3 is 2.68 bits per heavy atom. The predicted molar refractivity (Wildman–Crippen MR) is 86.4 cm³/mol. The quantitative estimate of drug-likeness (QED) is 0.802. The number of aromatic nitrogens is 2. The summed E-state index contributed by atoms with van der Waals surface area (Å²) in [7, 11) is 1.59. The summed E-state index contributed by atoms with van der Waals surface area (Å²) in [5.74, 6) is 1.55. The van der Waals surface area contributed by atoms with Crippen molar-refractivity contribution in [1.82, 2.24) is 9.97 Å². The van der Waals surface area contributed by atoms with Crippen LogP contribution in [-0.2, 0) is 0 Å². The van der Waals surface area contributed by atoms with Crippen molar-refractivity contribution in [2.75, 3.05) is 24.3 Å². The first-order valence-corrected chi connectivity index (χ1v) is 6.78. The van der Waals surface area contributed by atoms with Crippen LogP contribution in [0.1, 0.15) is 16.3 Å². The van der Waals surface area contributed by atoms with Crippen LogP contribution >= 0.6 is 0 Å². The van der Waals surface area contributed by atoms with Crippen LogP contribution in [-0.4, -0.2) is 29.5 Å². The number of benzene rings is 1. The number of carbonyl (C=O) groups is 1. The summed E-state index contributed by atoms with van der Waals surface area (Å²) in [6.07, 6.45) is 1.72. The van der Waals surface area contributed by atoms with E-state index in [0.717, 1.165) is 5.75 Å². The van der Waals surface area contributed by atoms with Crippen LogP contribution in [0.15, 0.2) is 43.0 Å². The lowest BCUT2D eigenvalue weighted by atomic mass is 10.3. The topological polar surface area (TPSA) is 76.1 Å². The van der Waals surface area contributed by atoms with Gasteiger partial charge in [-0.3, -0.25) is 4.79 Å². The Kier molecular flexibility index (Phi) is 5.08. The second kappa shape index (κ2) is 7.21. The first kappa shape index (κ1) is 15.5. The van der Waals surface area contributed by atoms with Gasteiger partial charge in [0.25, 0.3) is 5.91 Å². The summed E-state index contributed by atoms with van der Waals surface area (Å²) in [5.41, 5.74) is 0.970. The third-order valence-corrected chi connectivity index (χ3v) is 2.85. The zero-order chi connectivity index (χ0) is 15.9. The molecule has 1 aromatic heterocycles. The lowest BCUT2D eigenvalue weighted by molar-refractivity contribution is 0.102. The maximum Gasteiger partial charge on any atom is 0.274 e. The minimum absolute atomic E-state index is 0.294. The van der Waals surface area contributed by atoms with Crippen molar-refractivity contribution in [2.24, 2.45) is 0 Å². The van der Waals surface area contributed by atoms with Crippen LogP contribution in [0.3, 0.4) is 0 Å². The number of carbonyl (C=O) groups excluding carboxylic acids is 1. The van der Waals surface area contributed by atoms with E-state index in [1.165, 1.54) is 0 Å². The first-order valence-electron chi connectivity index (χ1n) is 6.78. The minimum Gasteiger partial charge on any atom is -0.497 e. The summed E-state index contributed by atoms with van der Waals surface area (Å²) in [6, 6.07) is 8.69. The molecule has 1 aromatic carbocycles. The molecule has 2 aromatic rings. The number of aryl methyl sites for hydroxylation is 1. The van der Waals surface area contributed by atoms with Crippen molar-refractivity contribution in [3.63, 3.8) is 0 Å². The van der Waals surface area contributed by atoms with Gasteiger partial charge in [-0.25, -0.2) is 9.97 Å². The molecule has 2 rings (SSSR count). The van der Waals surface area contributed by atoms with E-state index < -0.39 is 0 Å². The van der Waals surface area contributed by atoms with E-state index in [1.54, 1.807) is 50.4 Å². The molecule has 1 amide bonds. The predicted octanol–water partition coefficient (Wildman–Crippen LogP) is 2.64. The van der Waals surface area contributed by atoms with Gasteiger partial charge < -0.3 is 15.4 Å². The molecule has 0 aliphatic rings. The van der Waals surface area contributed by atoms with E-state index in [2.05, 4.69) is 27.2 Å². The zero-order valence-corrected chi connectivity index (χ0v) is 12.6. The summed E-state index contributed by atoms with van der Waals surface area (Å²) in [4.78, 5) is 20.6. The van der Waals surface area contributed by atoms with Crippen molar-refractivity contribution >= 4 is 17.4 Å². The molecule has 0 saturated carbocycles. The monoisotopic (exact) mass is 298 g/mol. The Bertz CT molecular complexity index is 668. The largest absolute Gasteiger partial charge is 0.497 e. The van der Waals surface area contributed by atoms with Crippen LogP contribution in [0, 0.1) is 6.92 Å². The third kappa shape index (κ3) is 4.05. The van der Waals surface area contributed by atoms with E-state index in [9.17, 15) is 4.79 Å². The van der Waals surface area contributed by atoms with Crippen molar-refractivity contribution in [1.29, 1.82) is 0 Å². The van der Waals surface area contributed by atoms with Gasteiger partial charge in [0.1, 0.15) is 23.1 Å². The number of ether oxygens (including phenoxy) is 1. The van der Waals surface area contributed by atoms with Gasteiger partial charge in [0.05, 0.1) is 7.11 Å². The molecule has 0 unspecified atom stereocenters. The number of nitrogens with zero attached hydrogens (tertiary/aromatic N) is 2. The molecular formula is C16H18N4O2. The van der Waals surface area contributed by atoms with Crippen LogP contribution in [0.4, 0.5) is 11.5 Å². The van der Waals surface area contributed by atoms with Crippen LogP contribution < -0.4 is 15.4 Å². The highest BCUT2D eigenvalue weighted by atomic mass is 16.5. The van der Waals surface area contributed by atoms with Gasteiger partial charge in [0.15, 0.2) is 0 Å². The molecule has 2 N–H and O–H groups in total. The Labute approximate surface area is 129 Å². The molecule has 0 saturated heterocycles. The number of hydrogen-bond donors (Lipinski definition) is 2. The molecule has 0 radical (unpaired) electrons. The Hall–Kier alpha value is -2.89. The Morgan fingerprint density at radius 1 is 1.32 bits per heavy atom. The summed E-state index contributed by atoms with van der Waals surface area (Å²) in [5, 5.41) is 5.83. The molecule has 0 spiro atoms. The summed E-state index contributed by atoms with van der Waals surface area (Å²) in [6.45, 7) is 5.94. The molecule has 0 fully saturated rings. The van der Waals surface area contributed by atoms with Crippen LogP contribution in [0.5, 0.6) is 5.75 Å². The van der Waals surface area contributed by atoms with Gasteiger partial charge in [-0.05, 0) is 31.2 Å². The van der Waals surface area contributed by atoms with E-state index in [4.69, 9.17) is 4.74 Å². The average Bonchev–Trinajstić information content (AvgIpc) is 2.53. The normalized spacial score (nSPS) is 9.91. The van der Waals surface area contributed by atoms with Crippen molar-refractivity contribution in [3.8, 4) is 5.75 Å². The summed E-state index contributed by atoms with van der Waals surface area (Å²) >= 11 is 0. The average molecular weight is 298 g/mol. The highest BCUT2D eigenvalue weighted by Crippen LogP contribution is 2.16. The van der Waals surface area contributed by atoms with Crippen LogP contribution in [0.2, 0.25) is 0 Å². The maximum atomic E-state index is 12.3. The molecule has 22 heavy (non-hydrogen) atoms. The zero-order valence-electron chi connectivity index (χ0n) is 12.6. The van der Waals surface area contributed by atoms with Gasteiger partial charge in [-0.1, -0.05) is 6.08 Å². The number of methoxy groups -OCH3 is 1. The second-order valence-corrected chi connectivity index (χ2v) is 4.54. The maximum absolute atomic E-state index is 12.3. The van der Waals surface area contributed by atoms with Crippen LogP contribution in [0.25, 0.3) is 0 Å². The fourth-order valence-corrected chi connectivity index (χ4v) is 1.82. The fourth-order valence-electron chi connectivity index (χ4n) is 1.82. The van der Waals surface area contributed by atoms with E-state index in [-0.39, 0.29) is 5.91 Å². The van der Waals surface area contributed by atoms with Gasteiger partial charge in [0.2, 0.25) is 0 Å². The van der Waals surface area contributed by atoms with Crippen molar-refractivity contribution < 1.29 is 9.53 Å². The van der Waals surface area contributed by atoms with Crippen molar-refractivity contribution in [2.45, 2.75) is 6.92 Å². The molecular weight excluding hydrogens is 280 g/mol. The number of amides is 1. The van der Waals surface area contributed by atoms with E-state index in [1.807, 2.05) is 0 Å². The number of anilines is 2. The Balaban J connectivity index is 2.13. The Morgan fingerprint density at radius 2 is 2.05 bits per heavy atom. The second-order valence-electron chi connectivity index (χ2n) is 4.54. The fraction of sp³-hybridized carbons (Fsp3) is 0.188. The lowest BCUT2D eigenvalue weighted by Crippen LogP contribution is -2.15. The minimum atomic E-state index is -0.294. The van der Waals surface area contributed by atoms with E-state index >= 15 is 0 Å². The smallest absolute Gasteiger partial charge is 0.274 e. The molecule has 6 heteroatoms. The first-order chi connectivity index (χ1) is 10.6. The summed E-state index contributed by atoms with van der Waals surface area (Å²) < 4.78 is 5.08. The van der Waals surface area contributed by atoms with Gasteiger partial charge in [0, 0.05) is 18.3 Å². The molecule has 0 aliphatic carbocycles. The highest BCUT2D eigenvalue weighted by Gasteiger charge is 2.10. The van der Waals surface area contributed by atoms with E-state index in [0.29, 0.717) is 29.6 Å². The number of rotatable bonds is 6. The molecule has 0 atom stereocenters. The standard InChI is InChI=1S/C16H18N4O2/c1-4-9-17-15-10-14(18-11(2)19-15)16(21)20-12-5-7-13(22-3)8-6-12/h4-8,10H,1,9H2,2-3H3,(H,20,21)(H,17,18,19).